The first-order valence-electron chi connectivity index (χ1n) is 10.1. The van der Waals surface area contributed by atoms with Crippen LogP contribution in [0.1, 0.15) is 31.2 Å². The molecule has 0 bridgehead atoms. The third-order valence-corrected chi connectivity index (χ3v) is 8.40. The summed E-state index contributed by atoms with van der Waals surface area (Å²) in [5.41, 5.74) is 1.02. The molecule has 30 heavy (non-hydrogen) atoms. The van der Waals surface area contributed by atoms with E-state index >= 15 is 0 Å². The van der Waals surface area contributed by atoms with Crippen molar-refractivity contribution in [2.24, 2.45) is 5.92 Å². The number of carbonyl (C=O) groups is 2. The highest BCUT2D eigenvalue weighted by Crippen LogP contribution is 2.23. The maximum atomic E-state index is 12.9. The Balaban J connectivity index is 1.64. The summed E-state index contributed by atoms with van der Waals surface area (Å²) in [4.78, 5) is 24.8. The van der Waals surface area contributed by atoms with Gasteiger partial charge in [0.1, 0.15) is 4.21 Å². The SMILES string of the molecule is O=C1CCN(S(=O)(=O)c2cccs2)CCCC(C(=O)NCc2ccccc2)CCN1. The lowest BCUT2D eigenvalue weighted by Crippen LogP contribution is -2.35. The molecule has 0 spiro atoms. The molecule has 0 radical (unpaired) electrons. The van der Waals surface area contributed by atoms with Gasteiger partial charge in [-0.2, -0.15) is 4.31 Å². The normalized spacial score (nSPS) is 19.5. The van der Waals surface area contributed by atoms with Crippen molar-refractivity contribution in [3.8, 4) is 0 Å². The van der Waals surface area contributed by atoms with E-state index in [4.69, 9.17) is 0 Å². The van der Waals surface area contributed by atoms with E-state index in [2.05, 4.69) is 10.6 Å². The van der Waals surface area contributed by atoms with Crippen LogP contribution >= 0.6 is 11.3 Å². The molecule has 0 saturated carbocycles. The minimum atomic E-state index is -3.63. The second-order valence-electron chi connectivity index (χ2n) is 7.27. The van der Waals surface area contributed by atoms with Crippen molar-refractivity contribution in [2.45, 2.75) is 36.4 Å². The average molecular weight is 450 g/mol. The number of sulfonamides is 1. The van der Waals surface area contributed by atoms with Gasteiger partial charge >= 0.3 is 0 Å². The summed E-state index contributed by atoms with van der Waals surface area (Å²) in [6.07, 6.45) is 1.76. The Labute approximate surface area is 181 Å². The number of hydrogen-bond donors (Lipinski definition) is 2. The fraction of sp³-hybridized carbons (Fsp3) is 0.429. The van der Waals surface area contributed by atoms with E-state index in [0.29, 0.717) is 32.4 Å². The Kier molecular flexibility index (Phi) is 8.01. The van der Waals surface area contributed by atoms with E-state index in [1.807, 2.05) is 30.3 Å². The molecule has 2 amide bonds. The molecule has 2 aromatic rings. The molecular formula is C21H27N3O4S2. The van der Waals surface area contributed by atoms with E-state index in [1.54, 1.807) is 17.5 Å². The first-order valence-corrected chi connectivity index (χ1v) is 12.4. The molecule has 1 aliphatic rings. The van der Waals surface area contributed by atoms with Gasteiger partial charge in [-0.15, -0.1) is 11.3 Å². The highest BCUT2D eigenvalue weighted by atomic mass is 32.2. The highest BCUT2D eigenvalue weighted by Gasteiger charge is 2.27. The summed E-state index contributed by atoms with van der Waals surface area (Å²) in [6, 6.07) is 12.9. The molecule has 1 aromatic heterocycles. The van der Waals surface area contributed by atoms with Gasteiger partial charge in [0, 0.05) is 38.5 Å². The Bertz CT molecular complexity index is 930. The van der Waals surface area contributed by atoms with E-state index in [-0.39, 0.29) is 41.5 Å². The number of hydrogen-bond acceptors (Lipinski definition) is 5. The molecule has 1 fully saturated rings. The zero-order chi connectivity index (χ0) is 21.4. The van der Waals surface area contributed by atoms with Crippen molar-refractivity contribution in [1.29, 1.82) is 0 Å². The molecule has 2 heterocycles. The summed E-state index contributed by atoms with van der Waals surface area (Å²) >= 11 is 1.17. The Morgan fingerprint density at radius 2 is 1.93 bits per heavy atom. The molecule has 2 N–H and O–H groups in total. The third-order valence-electron chi connectivity index (χ3n) is 5.13. The van der Waals surface area contributed by atoms with Crippen molar-refractivity contribution in [2.75, 3.05) is 19.6 Å². The lowest BCUT2D eigenvalue weighted by Gasteiger charge is -2.21. The van der Waals surface area contributed by atoms with Gasteiger partial charge in [-0.3, -0.25) is 9.59 Å². The van der Waals surface area contributed by atoms with Crippen LogP contribution < -0.4 is 10.6 Å². The van der Waals surface area contributed by atoms with Gasteiger partial charge in [0.15, 0.2) is 0 Å². The minimum Gasteiger partial charge on any atom is -0.356 e. The van der Waals surface area contributed by atoms with Crippen LogP contribution in [0.3, 0.4) is 0 Å². The maximum Gasteiger partial charge on any atom is 0.252 e. The topological polar surface area (TPSA) is 95.6 Å². The lowest BCUT2D eigenvalue weighted by atomic mass is 9.98. The zero-order valence-corrected chi connectivity index (χ0v) is 18.4. The molecule has 162 valence electrons. The Morgan fingerprint density at radius 3 is 2.67 bits per heavy atom. The predicted molar refractivity (Wildman–Crippen MR) is 116 cm³/mol. The number of amides is 2. The van der Waals surface area contributed by atoms with Crippen LogP contribution in [0.25, 0.3) is 0 Å². The van der Waals surface area contributed by atoms with Gasteiger partial charge in [-0.05, 0) is 36.3 Å². The van der Waals surface area contributed by atoms with Crippen molar-refractivity contribution in [3.63, 3.8) is 0 Å². The van der Waals surface area contributed by atoms with E-state index in [0.717, 1.165) is 5.56 Å². The van der Waals surface area contributed by atoms with Gasteiger partial charge in [-0.1, -0.05) is 36.4 Å². The molecule has 9 heteroatoms. The van der Waals surface area contributed by atoms with E-state index < -0.39 is 10.0 Å². The summed E-state index contributed by atoms with van der Waals surface area (Å²) in [5, 5.41) is 7.49. The minimum absolute atomic E-state index is 0.0694. The summed E-state index contributed by atoms with van der Waals surface area (Å²) < 4.78 is 27.4. The molecule has 1 saturated heterocycles. The van der Waals surface area contributed by atoms with Crippen molar-refractivity contribution >= 4 is 33.2 Å². The van der Waals surface area contributed by atoms with Crippen LogP contribution in [-0.4, -0.2) is 44.2 Å². The number of rotatable bonds is 5. The Hall–Kier alpha value is -2.23. The lowest BCUT2D eigenvalue weighted by molar-refractivity contribution is -0.126. The molecular weight excluding hydrogens is 422 g/mol. The molecule has 1 aliphatic heterocycles. The van der Waals surface area contributed by atoms with Crippen molar-refractivity contribution in [1.82, 2.24) is 14.9 Å². The zero-order valence-electron chi connectivity index (χ0n) is 16.7. The first-order chi connectivity index (χ1) is 14.5. The van der Waals surface area contributed by atoms with Crippen LogP contribution in [0.15, 0.2) is 52.1 Å². The van der Waals surface area contributed by atoms with E-state index in [1.165, 1.54) is 15.6 Å². The monoisotopic (exact) mass is 449 g/mol. The van der Waals surface area contributed by atoms with Gasteiger partial charge in [0.2, 0.25) is 11.8 Å². The van der Waals surface area contributed by atoms with Crippen LogP contribution in [0, 0.1) is 5.92 Å². The fourth-order valence-corrected chi connectivity index (χ4v) is 6.06. The van der Waals surface area contributed by atoms with Crippen LogP contribution in [0.2, 0.25) is 0 Å². The standard InChI is InChI=1S/C21H27N3O4S2/c25-19-11-14-24(30(27,28)20-9-5-15-29-20)13-4-8-18(10-12-22-19)21(26)23-16-17-6-2-1-3-7-17/h1-3,5-7,9,15,18H,4,8,10-14,16H2,(H,22,25)(H,23,26). The van der Waals surface area contributed by atoms with Crippen LogP contribution in [-0.2, 0) is 26.2 Å². The van der Waals surface area contributed by atoms with E-state index in [9.17, 15) is 18.0 Å². The maximum absolute atomic E-state index is 12.9. The third kappa shape index (κ3) is 6.13. The quantitative estimate of drug-likeness (QED) is 0.733. The molecule has 1 aromatic carbocycles. The highest BCUT2D eigenvalue weighted by molar-refractivity contribution is 7.91. The van der Waals surface area contributed by atoms with Crippen LogP contribution in [0.5, 0.6) is 0 Å². The average Bonchev–Trinajstić information content (AvgIpc) is 3.28. The van der Waals surface area contributed by atoms with Gasteiger partial charge in [0.05, 0.1) is 0 Å². The van der Waals surface area contributed by atoms with Gasteiger partial charge in [0.25, 0.3) is 10.0 Å². The molecule has 3 rings (SSSR count). The fourth-order valence-electron chi connectivity index (χ4n) is 3.44. The summed E-state index contributed by atoms with van der Waals surface area (Å²) in [6.45, 7) is 1.27. The molecule has 0 aliphatic carbocycles. The molecule has 1 unspecified atom stereocenters. The number of thiophene rings is 1. The summed E-state index contributed by atoms with van der Waals surface area (Å²) in [7, 11) is -3.63. The molecule has 1 atom stereocenters. The predicted octanol–water partition coefficient (Wildman–Crippen LogP) is 2.36. The first kappa shape index (κ1) is 22.5. The number of benzene rings is 1. The van der Waals surface area contributed by atoms with Gasteiger partial charge in [-0.25, -0.2) is 8.42 Å². The van der Waals surface area contributed by atoms with Crippen LogP contribution in [0.4, 0.5) is 0 Å². The largest absolute Gasteiger partial charge is 0.356 e. The number of nitrogens with one attached hydrogen (secondary N) is 2. The Morgan fingerprint density at radius 1 is 1.13 bits per heavy atom. The smallest absolute Gasteiger partial charge is 0.252 e. The second-order valence-corrected chi connectivity index (χ2v) is 10.4. The van der Waals surface area contributed by atoms with Crippen molar-refractivity contribution < 1.29 is 18.0 Å². The molecule has 7 nitrogen and oxygen atoms in total. The number of nitrogens with zero attached hydrogens (tertiary/aromatic N) is 1. The summed E-state index contributed by atoms with van der Waals surface area (Å²) in [5.74, 6) is -0.551. The number of carbonyl (C=O) groups excluding carboxylic acids is 2. The van der Waals surface area contributed by atoms with Crippen molar-refractivity contribution in [3.05, 3.63) is 53.4 Å². The van der Waals surface area contributed by atoms with Gasteiger partial charge < -0.3 is 10.6 Å². The second kappa shape index (κ2) is 10.7.